The van der Waals surface area contributed by atoms with Crippen molar-refractivity contribution in [2.75, 3.05) is 19.8 Å². The highest BCUT2D eigenvalue weighted by molar-refractivity contribution is 5.90. The van der Waals surface area contributed by atoms with E-state index in [0.717, 1.165) is 42.5 Å². The van der Waals surface area contributed by atoms with Gasteiger partial charge in [0.25, 0.3) is 0 Å². The molecule has 27 nitrogen and oxygen atoms in total. The van der Waals surface area contributed by atoms with Crippen molar-refractivity contribution in [2.24, 2.45) is 0 Å². The molecule has 3 aliphatic heterocycles. The van der Waals surface area contributed by atoms with Crippen LogP contribution in [-0.2, 0) is 38.1 Å². The van der Waals surface area contributed by atoms with Gasteiger partial charge in [0.15, 0.2) is 23.0 Å². The van der Waals surface area contributed by atoms with Crippen molar-refractivity contribution in [1.29, 1.82) is 0 Å². The normalized spacial score (nSPS) is 30.7. The van der Waals surface area contributed by atoms with Gasteiger partial charge in [-0.2, -0.15) is 0 Å². The zero-order valence-corrected chi connectivity index (χ0v) is 36.9. The third-order valence-electron chi connectivity index (χ3n) is 11.5. The lowest BCUT2D eigenvalue weighted by molar-refractivity contribution is -0.278. The van der Waals surface area contributed by atoms with Gasteiger partial charge in [-0.3, -0.25) is 9.59 Å². The molecule has 0 aliphatic carbocycles. The van der Waals surface area contributed by atoms with Crippen LogP contribution in [0.15, 0.2) is 65.1 Å². The highest BCUT2D eigenvalue weighted by Gasteiger charge is 2.49. The average Bonchev–Trinajstić information content (AvgIpc) is 3.34. The molecule has 390 valence electrons. The fourth-order valence-corrected chi connectivity index (χ4v) is 7.50. The Bertz CT molecular complexity index is 2620. The maximum atomic E-state index is 12.5. The number of phenols is 4. The maximum absolute atomic E-state index is 12.5. The van der Waals surface area contributed by atoms with Gasteiger partial charge in [0.05, 0.1) is 18.2 Å². The molecule has 4 heterocycles. The number of carboxylic acid groups (broad SMARTS) is 1. The molecule has 72 heavy (non-hydrogen) atoms. The highest BCUT2D eigenvalue weighted by atomic mass is 16.7. The molecule has 27 heteroatoms. The van der Waals surface area contributed by atoms with Crippen LogP contribution in [0.3, 0.4) is 0 Å². The number of fused-ring (bicyclic) bond motifs is 1. The summed E-state index contributed by atoms with van der Waals surface area (Å²) in [5.74, 6) is -7.46. The van der Waals surface area contributed by atoms with E-state index in [0.29, 0.717) is 5.56 Å². The van der Waals surface area contributed by atoms with Crippen molar-refractivity contribution >= 4 is 35.0 Å². The van der Waals surface area contributed by atoms with E-state index in [1.54, 1.807) is 0 Å². The van der Waals surface area contributed by atoms with E-state index < -0.39 is 171 Å². The van der Waals surface area contributed by atoms with Crippen molar-refractivity contribution in [3.8, 4) is 51.6 Å². The lowest BCUT2D eigenvalue weighted by atomic mass is 9.99. The molecule has 0 radical (unpaired) electrons. The van der Waals surface area contributed by atoms with Crippen LogP contribution >= 0.6 is 0 Å². The van der Waals surface area contributed by atoms with E-state index in [2.05, 4.69) is 0 Å². The molecule has 0 saturated carbocycles. The fourth-order valence-electron chi connectivity index (χ4n) is 7.50. The van der Waals surface area contributed by atoms with Crippen molar-refractivity contribution in [3.05, 3.63) is 66.2 Å². The van der Waals surface area contributed by atoms with Crippen LogP contribution in [0.4, 0.5) is 0 Å². The van der Waals surface area contributed by atoms with Gasteiger partial charge in [0, 0.05) is 24.3 Å². The summed E-state index contributed by atoms with van der Waals surface area (Å²) in [6.45, 7) is -2.35. The molecule has 3 fully saturated rings. The van der Waals surface area contributed by atoms with Crippen LogP contribution in [0.2, 0.25) is 0 Å². The number of hydrogen-bond acceptors (Lipinski definition) is 25. The molecule has 15 N–H and O–H groups in total. The van der Waals surface area contributed by atoms with Crippen molar-refractivity contribution in [1.82, 2.24) is 0 Å². The van der Waals surface area contributed by atoms with Gasteiger partial charge in [-0.05, 0) is 35.9 Å². The molecule has 15 atom stereocenters. The molecule has 15 unspecified atom stereocenters. The third kappa shape index (κ3) is 11.8. The average molecular weight is 1020 g/mol. The standard InChI is InChI=1S/C45H48O27/c46-13-27-33(55)36(58)40(62)44(70-27)68-25-8-17(3-5-21(25)48)42-26(69-45-41(63)38(60)35(57)29(72-45)15-65-32(54)12-30(51)52)11-19-22(49)9-18(10-24(19)67-42)66-43-39(61)37(59)34(56)28(71-43)14-64-31(53)6-2-16-1-4-20(47)23(50)7-16/h1-11,27-29,33-41,43-46,55-63H,12-15H2,(H4-,47,48,49,50,51,52,53)/p+1. The molecular weight excluding hydrogens is 972 g/mol. The van der Waals surface area contributed by atoms with Gasteiger partial charge in [0.2, 0.25) is 24.6 Å². The monoisotopic (exact) mass is 1020 g/mol. The van der Waals surface area contributed by atoms with Gasteiger partial charge in [-0.25, -0.2) is 9.21 Å². The summed E-state index contributed by atoms with van der Waals surface area (Å²) < 4.78 is 50.4. The Balaban J connectivity index is 1.19. The molecule has 0 spiro atoms. The van der Waals surface area contributed by atoms with Crippen LogP contribution in [0.5, 0.6) is 40.2 Å². The molecule has 3 saturated heterocycles. The topological polar surface area (TPSA) is 440 Å². The zero-order chi connectivity index (χ0) is 52.3. The molecule has 3 aromatic carbocycles. The first-order valence-electron chi connectivity index (χ1n) is 21.5. The van der Waals surface area contributed by atoms with Crippen LogP contribution in [-0.4, -0.2) is 206 Å². The molecule has 0 bridgehead atoms. The number of aromatic hydroxyl groups is 4. The number of carbonyl (C=O) groups is 3. The summed E-state index contributed by atoms with van der Waals surface area (Å²) in [7, 11) is 0. The van der Waals surface area contributed by atoms with E-state index in [1.807, 2.05) is 0 Å². The minimum absolute atomic E-state index is 0.100. The van der Waals surface area contributed by atoms with E-state index >= 15 is 0 Å². The second-order valence-corrected chi connectivity index (χ2v) is 16.5. The number of hydrogen-bond donors (Lipinski definition) is 15. The summed E-state index contributed by atoms with van der Waals surface area (Å²) in [6.07, 6.45) is -26.4. The van der Waals surface area contributed by atoms with Gasteiger partial charge >= 0.3 is 29.3 Å². The third-order valence-corrected chi connectivity index (χ3v) is 11.5. The Labute approximate surface area is 403 Å². The summed E-state index contributed by atoms with van der Waals surface area (Å²) in [5.41, 5.74) is -0.0650. The first kappa shape index (κ1) is 53.1. The largest absolute Gasteiger partial charge is 0.507 e. The quantitative estimate of drug-likeness (QED) is 0.0175. The van der Waals surface area contributed by atoms with Crippen molar-refractivity contribution in [3.63, 3.8) is 0 Å². The van der Waals surface area contributed by atoms with Crippen molar-refractivity contribution < 1.29 is 133 Å². The lowest BCUT2D eigenvalue weighted by Gasteiger charge is -2.39. The summed E-state index contributed by atoms with van der Waals surface area (Å²) in [6, 6.07) is 10.3. The lowest BCUT2D eigenvalue weighted by Crippen LogP contribution is -2.60. The minimum Gasteiger partial charge on any atom is -0.507 e. The van der Waals surface area contributed by atoms with E-state index in [1.165, 1.54) is 24.3 Å². The Morgan fingerprint density at radius 3 is 1.72 bits per heavy atom. The molecule has 4 aromatic rings. The van der Waals surface area contributed by atoms with Crippen LogP contribution in [0.25, 0.3) is 28.4 Å². The first-order valence-corrected chi connectivity index (χ1v) is 21.5. The summed E-state index contributed by atoms with van der Waals surface area (Å²) >= 11 is 0. The second-order valence-electron chi connectivity index (χ2n) is 16.5. The number of ether oxygens (including phenoxy) is 8. The van der Waals surface area contributed by atoms with E-state index in [4.69, 9.17) is 47.4 Å². The number of aliphatic hydroxyl groups excluding tert-OH is 10. The molecule has 1 aromatic heterocycles. The Kier molecular flexibility index (Phi) is 16.5. The van der Waals surface area contributed by atoms with Crippen LogP contribution in [0.1, 0.15) is 12.0 Å². The van der Waals surface area contributed by atoms with Crippen LogP contribution in [0, 0.1) is 0 Å². The van der Waals surface area contributed by atoms with Crippen molar-refractivity contribution in [2.45, 2.75) is 98.5 Å². The second kappa shape index (κ2) is 22.4. The van der Waals surface area contributed by atoms with E-state index in [9.17, 15) is 85.9 Å². The number of aliphatic hydroxyl groups is 10. The molecular formula is C45H49O27+. The maximum Gasteiger partial charge on any atom is 0.402 e. The Morgan fingerprint density at radius 1 is 0.569 bits per heavy atom. The fraction of sp³-hybridized carbons (Fsp3) is 0.422. The number of carbonyl (C=O) groups excluding carboxylic acids is 2. The molecule has 3 aliphatic rings. The number of phenolic OH excluding ortho intramolecular Hbond substituents is 4. The Hall–Kier alpha value is -6.70. The molecule has 0 amide bonds. The van der Waals surface area contributed by atoms with Gasteiger partial charge in [-0.1, -0.05) is 6.07 Å². The number of esters is 2. The SMILES string of the molecule is O=C(O)CC(=O)OCC1OC(Oc2cc3c(O)cc(OC4OC(COC(=O)C=Cc5ccc(O)c(O)c5)C(O)C(O)C4O)cc3[o+]c2-c2ccc(O)c(OC3OC(CO)C(O)C(O)C3O)c2)C(O)C(O)C1O. The first-order chi connectivity index (χ1) is 34.1. The zero-order valence-electron chi connectivity index (χ0n) is 36.9. The van der Waals surface area contributed by atoms with Gasteiger partial charge < -0.3 is 114 Å². The number of benzene rings is 3. The predicted octanol–water partition coefficient (Wildman–Crippen LogP) is -2.97. The van der Waals surface area contributed by atoms with E-state index in [-0.39, 0.29) is 28.0 Å². The number of rotatable bonds is 16. The van der Waals surface area contributed by atoms with Gasteiger partial charge in [0.1, 0.15) is 110 Å². The predicted molar refractivity (Wildman–Crippen MR) is 231 cm³/mol. The number of carboxylic acids is 1. The van der Waals surface area contributed by atoms with Crippen LogP contribution < -0.4 is 14.2 Å². The Morgan fingerprint density at radius 2 is 1.12 bits per heavy atom. The smallest absolute Gasteiger partial charge is 0.402 e. The molecule has 7 rings (SSSR count). The summed E-state index contributed by atoms with van der Waals surface area (Å²) in [5, 5.41) is 156. The highest BCUT2D eigenvalue weighted by Crippen LogP contribution is 2.44. The number of aliphatic carboxylic acids is 1. The van der Waals surface area contributed by atoms with Gasteiger partial charge in [-0.15, -0.1) is 0 Å². The summed E-state index contributed by atoms with van der Waals surface area (Å²) in [4.78, 5) is 35.4. The minimum atomic E-state index is -2.07.